The summed E-state index contributed by atoms with van der Waals surface area (Å²) in [6, 6.07) is 81.3. The summed E-state index contributed by atoms with van der Waals surface area (Å²) < 4.78 is 0. The van der Waals surface area contributed by atoms with E-state index in [2.05, 4.69) is 170 Å². The third kappa shape index (κ3) is 10.8. The van der Waals surface area contributed by atoms with Crippen LogP contribution in [0.5, 0.6) is 0 Å². The average molecular weight is 1000 g/mol. The van der Waals surface area contributed by atoms with Gasteiger partial charge in [0.2, 0.25) is 0 Å². The minimum atomic E-state index is -0.847. The van der Waals surface area contributed by atoms with Gasteiger partial charge in [-0.1, -0.05) is 191 Å². The summed E-state index contributed by atoms with van der Waals surface area (Å²) in [5.41, 5.74) is 1.77. The van der Waals surface area contributed by atoms with E-state index >= 15 is 0 Å². The summed E-state index contributed by atoms with van der Waals surface area (Å²) in [7, 11) is -1.69. The minimum absolute atomic E-state index is 0. The molecule has 0 amide bonds. The van der Waals surface area contributed by atoms with Crippen molar-refractivity contribution in [3.63, 3.8) is 0 Å². The number of hydrogen-bond acceptors (Lipinski definition) is 0. The van der Waals surface area contributed by atoms with Crippen LogP contribution in [0.3, 0.4) is 0 Å². The third-order valence-electron chi connectivity index (χ3n) is 10.6. The molecule has 0 radical (unpaired) electrons. The van der Waals surface area contributed by atoms with Gasteiger partial charge in [0.05, 0.1) is 0 Å². The van der Waals surface area contributed by atoms with E-state index < -0.39 is 15.8 Å². The van der Waals surface area contributed by atoms with Crippen LogP contribution in [0.2, 0.25) is 0 Å². The van der Waals surface area contributed by atoms with Gasteiger partial charge in [-0.25, -0.2) is 0 Å². The zero-order valence-corrected chi connectivity index (χ0v) is 38.2. The van der Waals surface area contributed by atoms with Crippen molar-refractivity contribution in [2.75, 3.05) is 5.90 Å². The molecule has 61 heavy (non-hydrogen) atoms. The van der Waals surface area contributed by atoms with Gasteiger partial charge in [-0.3, -0.25) is 11.8 Å². The smallest absolute Gasteiger partial charge is 0.366 e. The van der Waals surface area contributed by atoms with E-state index in [1.54, 1.807) is 0 Å². The van der Waals surface area contributed by atoms with Gasteiger partial charge in [-0.15, -0.1) is 11.1 Å². The number of benzene rings is 10. The molecule has 0 aliphatic rings. The predicted molar refractivity (Wildman–Crippen MR) is 261 cm³/mol. The number of hydrogen-bond donors (Lipinski definition) is 0. The molecule has 0 aromatic heterocycles. The molecule has 0 aliphatic carbocycles. The van der Waals surface area contributed by atoms with Crippen molar-refractivity contribution >= 4 is 80.2 Å². The maximum absolute atomic E-state index is 7.46. The van der Waals surface area contributed by atoms with Crippen LogP contribution in [-0.2, 0) is 44.8 Å². The molecule has 0 heterocycles. The second kappa shape index (κ2) is 22.5. The Morgan fingerprint density at radius 1 is 0.295 bits per heavy atom. The van der Waals surface area contributed by atoms with Crippen LogP contribution in [0.25, 0.3) is 43.1 Å². The van der Waals surface area contributed by atoms with Crippen LogP contribution in [-0.4, -0.2) is 5.90 Å². The monoisotopic (exact) mass is 1000 g/mol. The molecule has 300 valence electrons. The summed E-state index contributed by atoms with van der Waals surface area (Å²) in [5, 5.41) is 15.0. The third-order valence-corrected chi connectivity index (χ3v) is 17.6. The van der Waals surface area contributed by atoms with Gasteiger partial charge in [0.25, 0.3) is 0 Å². The zero-order valence-electron chi connectivity index (χ0n) is 33.2. The van der Waals surface area contributed by atoms with Crippen LogP contribution < -0.4 is 21.2 Å². The van der Waals surface area contributed by atoms with Crippen molar-refractivity contribution in [1.82, 2.24) is 0 Å². The van der Waals surface area contributed by atoms with Gasteiger partial charge in [0.15, 0.2) is 5.90 Å². The molecule has 0 saturated carbocycles. The van der Waals surface area contributed by atoms with Crippen molar-refractivity contribution < 1.29 is 44.8 Å². The van der Waals surface area contributed by atoms with Crippen LogP contribution in [0, 0.1) is 24.7 Å². The quantitative estimate of drug-likeness (QED) is 0.0512. The van der Waals surface area contributed by atoms with Crippen molar-refractivity contribution in [2.24, 2.45) is 0 Å². The molecule has 0 aliphatic heterocycles. The molecule has 10 rings (SSSR count). The first kappa shape index (κ1) is 45.2. The summed E-state index contributed by atoms with van der Waals surface area (Å²) >= 11 is 0. The first-order valence-electron chi connectivity index (χ1n) is 19.8. The topological polar surface area (TPSA) is 0 Å². The van der Waals surface area contributed by atoms with Gasteiger partial charge in [-0.2, -0.15) is 0 Å². The Labute approximate surface area is 394 Å². The molecular formula is C57H42Ag2P2+2. The van der Waals surface area contributed by atoms with Crippen molar-refractivity contribution in [3.05, 3.63) is 254 Å². The molecule has 0 bridgehead atoms. The SMILES string of the molecule is [Ag+].[Ag+].[C-]#Cc1c2ccccc2cc2ccccc12.[C-]#Cc1c2ccccc2cc2ccccc12.c1ccc([PH+](C[PH+](c2ccccc2)c2ccccc2)c2ccccc2)cc1. The van der Waals surface area contributed by atoms with Crippen LogP contribution in [0.4, 0.5) is 0 Å². The molecule has 0 fully saturated rings. The number of rotatable bonds is 6. The molecule has 10 aromatic rings. The molecule has 0 unspecified atom stereocenters. The van der Waals surface area contributed by atoms with Crippen LogP contribution >= 0.6 is 15.8 Å². The Bertz CT molecular complexity index is 2650. The minimum Gasteiger partial charge on any atom is -0.366 e. The molecule has 0 spiro atoms. The molecule has 0 saturated heterocycles. The maximum Gasteiger partial charge on any atom is 1.00 e. The molecule has 4 heteroatoms. The standard InChI is InChI=1S/C25H22P2.2C16H9.2Ag/c1-5-13-22(14-6-1)26(23-15-7-2-8-16-23)21-27(24-17-9-3-10-18-24)25-19-11-4-12-20-25;2*1-2-14-15-9-5-3-7-12(15)11-13-8-4-6-10-16(13)14;;/h1-20H,21H2;2*3-11H;;/q;2*-1;2*+1/p+2. The van der Waals surface area contributed by atoms with Crippen molar-refractivity contribution in [2.45, 2.75) is 0 Å². The van der Waals surface area contributed by atoms with Crippen molar-refractivity contribution in [3.8, 4) is 11.8 Å². The van der Waals surface area contributed by atoms with Gasteiger partial charge in [0, 0.05) is 0 Å². The summed E-state index contributed by atoms with van der Waals surface area (Å²) in [6.45, 7) is 0. The summed E-state index contributed by atoms with van der Waals surface area (Å²) in [5.74, 6) is 6.37. The van der Waals surface area contributed by atoms with Gasteiger partial charge >= 0.3 is 44.8 Å². The molecular weight excluding hydrogens is 962 g/mol. The average Bonchev–Trinajstić information content (AvgIpc) is 3.32. The fourth-order valence-corrected chi connectivity index (χ4v) is 15.5. The Kier molecular flexibility index (Phi) is 16.7. The normalized spacial score (nSPS) is 10.4. The van der Waals surface area contributed by atoms with Crippen LogP contribution in [0.1, 0.15) is 11.1 Å². The Morgan fingerprint density at radius 3 is 0.738 bits per heavy atom. The van der Waals surface area contributed by atoms with E-state index in [9.17, 15) is 0 Å². The van der Waals surface area contributed by atoms with E-state index in [0.29, 0.717) is 0 Å². The first-order valence-corrected chi connectivity index (χ1v) is 23.2. The Morgan fingerprint density at radius 2 is 0.508 bits per heavy atom. The van der Waals surface area contributed by atoms with Crippen molar-refractivity contribution in [1.29, 1.82) is 0 Å². The second-order valence-corrected chi connectivity index (χ2v) is 19.9. The zero-order chi connectivity index (χ0) is 40.2. The molecule has 0 nitrogen and oxygen atoms in total. The predicted octanol–water partition coefficient (Wildman–Crippen LogP) is 12.5. The van der Waals surface area contributed by atoms with E-state index in [0.717, 1.165) is 54.2 Å². The summed E-state index contributed by atoms with van der Waals surface area (Å²) in [4.78, 5) is 0. The van der Waals surface area contributed by atoms with E-state index in [-0.39, 0.29) is 44.8 Å². The van der Waals surface area contributed by atoms with Gasteiger partial charge < -0.3 is 12.8 Å². The van der Waals surface area contributed by atoms with E-state index in [1.807, 2.05) is 72.8 Å². The fraction of sp³-hybridized carbons (Fsp3) is 0.0175. The maximum atomic E-state index is 7.46. The first-order chi connectivity index (χ1) is 29.2. The Balaban J connectivity index is 0.000000159. The second-order valence-electron chi connectivity index (χ2n) is 14.2. The van der Waals surface area contributed by atoms with Gasteiger partial charge in [0.1, 0.15) is 37.1 Å². The summed E-state index contributed by atoms with van der Waals surface area (Å²) in [6.07, 6.45) is 14.9. The molecule has 10 aromatic carbocycles. The molecule has 0 N–H and O–H groups in total. The largest absolute Gasteiger partial charge is 1.00 e. The van der Waals surface area contributed by atoms with E-state index in [1.165, 1.54) is 27.1 Å². The fourth-order valence-electron chi connectivity index (χ4n) is 7.77. The number of fused-ring (bicyclic) bond motifs is 4. The van der Waals surface area contributed by atoms with Gasteiger partial charge in [-0.05, 0) is 82.2 Å². The van der Waals surface area contributed by atoms with Crippen LogP contribution in [0.15, 0.2) is 231 Å². The van der Waals surface area contributed by atoms with E-state index in [4.69, 9.17) is 12.8 Å². The molecule has 0 atom stereocenters. The Hall–Kier alpha value is -5.30.